The van der Waals surface area contributed by atoms with E-state index in [1.807, 2.05) is 32.9 Å². The van der Waals surface area contributed by atoms with E-state index in [1.54, 1.807) is 12.1 Å². The van der Waals surface area contributed by atoms with E-state index in [2.05, 4.69) is 0 Å². The normalized spacial score (nSPS) is 10.6. The third-order valence-corrected chi connectivity index (χ3v) is 3.32. The highest BCUT2D eigenvalue weighted by atomic mass is 19.1. The van der Waals surface area contributed by atoms with E-state index < -0.39 is 5.82 Å². The van der Waals surface area contributed by atoms with Crippen LogP contribution >= 0.6 is 0 Å². The predicted molar refractivity (Wildman–Crippen MR) is 73.0 cm³/mol. The van der Waals surface area contributed by atoms with Gasteiger partial charge in [0.2, 0.25) is 0 Å². The van der Waals surface area contributed by atoms with E-state index in [0.717, 1.165) is 22.4 Å². The maximum absolute atomic E-state index is 13.6. The molecule has 19 heavy (non-hydrogen) atoms. The van der Waals surface area contributed by atoms with Crippen LogP contribution in [0.1, 0.15) is 22.3 Å². The van der Waals surface area contributed by atoms with Crippen LogP contribution in [0, 0.1) is 26.6 Å². The number of rotatable bonds is 3. The molecule has 0 bridgehead atoms. The van der Waals surface area contributed by atoms with Gasteiger partial charge in [0.1, 0.15) is 17.3 Å². The number of aryl methyl sites for hydroxylation is 2. The lowest BCUT2D eigenvalue weighted by atomic mass is 10.1. The quantitative estimate of drug-likeness (QED) is 0.902. The van der Waals surface area contributed by atoms with Crippen LogP contribution in [-0.4, -0.2) is 5.11 Å². The van der Waals surface area contributed by atoms with Gasteiger partial charge in [-0.05, 0) is 49.6 Å². The molecule has 2 nitrogen and oxygen atoms in total. The monoisotopic (exact) mass is 260 g/mol. The highest BCUT2D eigenvalue weighted by Crippen LogP contribution is 2.33. The lowest BCUT2D eigenvalue weighted by Crippen LogP contribution is -1.98. The Bertz CT molecular complexity index is 606. The number of halogens is 1. The second-order valence-corrected chi connectivity index (χ2v) is 4.63. The van der Waals surface area contributed by atoms with Crippen molar-refractivity contribution in [2.24, 2.45) is 0 Å². The van der Waals surface area contributed by atoms with Gasteiger partial charge in [0.05, 0.1) is 12.2 Å². The van der Waals surface area contributed by atoms with Crippen molar-refractivity contribution in [1.29, 1.82) is 0 Å². The fourth-order valence-electron chi connectivity index (χ4n) is 1.98. The third kappa shape index (κ3) is 2.61. The Morgan fingerprint density at radius 2 is 1.74 bits per heavy atom. The van der Waals surface area contributed by atoms with Crippen molar-refractivity contribution in [2.75, 3.05) is 0 Å². The number of hydrogen-bond donors (Lipinski definition) is 1. The molecule has 100 valence electrons. The van der Waals surface area contributed by atoms with Crippen molar-refractivity contribution in [2.45, 2.75) is 27.4 Å². The summed E-state index contributed by atoms with van der Waals surface area (Å²) in [5.41, 5.74) is 3.30. The number of ether oxygens (including phenoxy) is 1. The van der Waals surface area contributed by atoms with Crippen molar-refractivity contribution in [3.05, 3.63) is 58.4 Å². The Morgan fingerprint density at radius 3 is 2.42 bits per heavy atom. The van der Waals surface area contributed by atoms with Gasteiger partial charge >= 0.3 is 0 Å². The molecule has 0 aromatic heterocycles. The summed E-state index contributed by atoms with van der Waals surface area (Å²) in [6.07, 6.45) is 0. The summed E-state index contributed by atoms with van der Waals surface area (Å²) < 4.78 is 19.4. The second-order valence-electron chi connectivity index (χ2n) is 4.63. The lowest BCUT2D eigenvalue weighted by molar-refractivity contribution is 0.269. The molecule has 0 saturated heterocycles. The molecule has 0 saturated carbocycles. The minimum Gasteiger partial charge on any atom is -0.456 e. The molecule has 2 aromatic rings. The number of aliphatic hydroxyl groups is 1. The molecule has 0 amide bonds. The van der Waals surface area contributed by atoms with Gasteiger partial charge < -0.3 is 9.84 Å². The van der Waals surface area contributed by atoms with Crippen molar-refractivity contribution in [3.63, 3.8) is 0 Å². The molecule has 1 N–H and O–H groups in total. The van der Waals surface area contributed by atoms with Crippen LogP contribution < -0.4 is 4.74 Å². The second kappa shape index (κ2) is 5.41. The maximum Gasteiger partial charge on any atom is 0.135 e. The molecule has 0 aliphatic rings. The molecule has 2 aromatic carbocycles. The highest BCUT2D eigenvalue weighted by molar-refractivity contribution is 5.48. The smallest absolute Gasteiger partial charge is 0.135 e. The summed E-state index contributed by atoms with van der Waals surface area (Å²) in [7, 11) is 0. The predicted octanol–water partition coefficient (Wildman–Crippen LogP) is 4.04. The molecule has 0 fully saturated rings. The fourth-order valence-corrected chi connectivity index (χ4v) is 1.98. The molecular weight excluding hydrogens is 243 g/mol. The zero-order valence-electron chi connectivity index (χ0n) is 11.3. The zero-order chi connectivity index (χ0) is 14.0. The van der Waals surface area contributed by atoms with E-state index >= 15 is 0 Å². The van der Waals surface area contributed by atoms with Crippen molar-refractivity contribution in [3.8, 4) is 11.5 Å². The van der Waals surface area contributed by atoms with Gasteiger partial charge in [0.15, 0.2) is 0 Å². The highest BCUT2D eigenvalue weighted by Gasteiger charge is 2.13. The van der Waals surface area contributed by atoms with Crippen LogP contribution in [0.4, 0.5) is 4.39 Å². The van der Waals surface area contributed by atoms with Crippen molar-refractivity contribution in [1.82, 2.24) is 0 Å². The first kappa shape index (κ1) is 13.6. The molecule has 0 aliphatic heterocycles. The minimum absolute atomic E-state index is 0.183. The van der Waals surface area contributed by atoms with Crippen LogP contribution in [0.3, 0.4) is 0 Å². The Morgan fingerprint density at radius 1 is 1.05 bits per heavy atom. The van der Waals surface area contributed by atoms with E-state index in [-0.39, 0.29) is 12.2 Å². The summed E-state index contributed by atoms with van der Waals surface area (Å²) in [5.74, 6) is 0.627. The standard InChI is InChI=1S/C16H17FO2/c1-10-7-8-11(2)16(12(10)3)19-15-6-4-5-14(17)13(15)9-18/h4-8,18H,9H2,1-3H3. The van der Waals surface area contributed by atoms with E-state index in [1.165, 1.54) is 6.07 Å². The molecule has 0 heterocycles. The summed E-state index contributed by atoms with van der Waals surface area (Å²) in [6.45, 7) is 5.53. The van der Waals surface area contributed by atoms with E-state index in [0.29, 0.717) is 5.75 Å². The molecule has 0 radical (unpaired) electrons. The first-order chi connectivity index (χ1) is 9.04. The average molecular weight is 260 g/mol. The van der Waals surface area contributed by atoms with Gasteiger partial charge in [0, 0.05) is 0 Å². The topological polar surface area (TPSA) is 29.5 Å². The maximum atomic E-state index is 13.6. The number of benzene rings is 2. The Hall–Kier alpha value is -1.87. The molecule has 0 atom stereocenters. The van der Waals surface area contributed by atoms with Crippen LogP contribution in [0.2, 0.25) is 0 Å². The van der Waals surface area contributed by atoms with Gasteiger partial charge in [0.25, 0.3) is 0 Å². The van der Waals surface area contributed by atoms with Crippen LogP contribution in [0.25, 0.3) is 0 Å². The van der Waals surface area contributed by atoms with Crippen LogP contribution in [0.15, 0.2) is 30.3 Å². The molecule has 0 aliphatic carbocycles. The zero-order valence-corrected chi connectivity index (χ0v) is 11.3. The van der Waals surface area contributed by atoms with E-state index in [9.17, 15) is 9.50 Å². The van der Waals surface area contributed by atoms with Gasteiger partial charge in [-0.25, -0.2) is 4.39 Å². The van der Waals surface area contributed by atoms with Crippen LogP contribution in [0.5, 0.6) is 11.5 Å². The first-order valence-corrected chi connectivity index (χ1v) is 6.17. The Balaban J connectivity index is 2.48. The lowest BCUT2D eigenvalue weighted by Gasteiger charge is -2.15. The molecule has 0 unspecified atom stereocenters. The first-order valence-electron chi connectivity index (χ1n) is 6.17. The van der Waals surface area contributed by atoms with Crippen molar-refractivity contribution < 1.29 is 14.2 Å². The number of aliphatic hydroxyl groups excluding tert-OH is 1. The Kier molecular flexibility index (Phi) is 3.86. The summed E-state index contributed by atoms with van der Waals surface area (Å²) in [5, 5.41) is 9.25. The number of hydrogen-bond acceptors (Lipinski definition) is 2. The summed E-state index contributed by atoms with van der Waals surface area (Å²) in [4.78, 5) is 0. The SMILES string of the molecule is Cc1ccc(C)c(Oc2cccc(F)c2CO)c1C. The summed E-state index contributed by atoms with van der Waals surface area (Å²) >= 11 is 0. The minimum atomic E-state index is -0.456. The summed E-state index contributed by atoms with van der Waals surface area (Å²) in [6, 6.07) is 8.54. The van der Waals surface area contributed by atoms with Gasteiger partial charge in [-0.1, -0.05) is 18.2 Å². The third-order valence-electron chi connectivity index (χ3n) is 3.32. The molecule has 0 spiro atoms. The fraction of sp³-hybridized carbons (Fsp3) is 0.250. The average Bonchev–Trinajstić information content (AvgIpc) is 2.39. The Labute approximate surface area is 112 Å². The van der Waals surface area contributed by atoms with Crippen LogP contribution in [-0.2, 0) is 6.61 Å². The van der Waals surface area contributed by atoms with Crippen molar-refractivity contribution >= 4 is 0 Å². The molecule has 2 rings (SSSR count). The largest absolute Gasteiger partial charge is 0.456 e. The van der Waals surface area contributed by atoms with Gasteiger partial charge in [-0.15, -0.1) is 0 Å². The molecule has 3 heteroatoms. The molecular formula is C16H17FO2. The van der Waals surface area contributed by atoms with E-state index in [4.69, 9.17) is 4.74 Å². The van der Waals surface area contributed by atoms with Gasteiger partial charge in [-0.2, -0.15) is 0 Å². The van der Waals surface area contributed by atoms with Gasteiger partial charge in [-0.3, -0.25) is 0 Å².